The van der Waals surface area contributed by atoms with Crippen LogP contribution >= 0.6 is 11.3 Å². The highest BCUT2D eigenvalue weighted by molar-refractivity contribution is 7.88. The Labute approximate surface area is 206 Å². The van der Waals surface area contributed by atoms with Crippen molar-refractivity contribution in [3.8, 4) is 5.75 Å². The van der Waals surface area contributed by atoms with Crippen LogP contribution in [0, 0.1) is 12.7 Å². The average Bonchev–Trinajstić information content (AvgIpc) is 3.16. The van der Waals surface area contributed by atoms with Crippen LogP contribution in [0.25, 0.3) is 10.2 Å². The Morgan fingerprint density at radius 3 is 2.91 bits per heavy atom. The molecule has 188 valence electrons. The number of thiophene rings is 1. The lowest BCUT2D eigenvalue weighted by atomic mass is 10.1. The number of aliphatic hydroxyl groups is 1. The summed E-state index contributed by atoms with van der Waals surface area (Å²) in [6.45, 7) is 2.36. The predicted molar refractivity (Wildman–Crippen MR) is 131 cm³/mol. The van der Waals surface area contributed by atoms with Crippen molar-refractivity contribution in [1.29, 1.82) is 0 Å². The van der Waals surface area contributed by atoms with Gasteiger partial charge in [-0.25, -0.2) is 22.8 Å². The van der Waals surface area contributed by atoms with Crippen LogP contribution in [0.15, 0.2) is 24.5 Å². The third kappa shape index (κ3) is 5.69. The summed E-state index contributed by atoms with van der Waals surface area (Å²) < 4.78 is 45.4. The monoisotopic (exact) mass is 523 g/mol. The number of anilines is 2. The number of piperidine rings is 1. The number of halogens is 1. The Morgan fingerprint density at radius 2 is 2.17 bits per heavy atom. The summed E-state index contributed by atoms with van der Waals surface area (Å²) in [5.74, 6) is -0.165. The zero-order valence-electron chi connectivity index (χ0n) is 19.2. The molecule has 3 N–H and O–H groups in total. The van der Waals surface area contributed by atoms with Crippen LogP contribution in [-0.2, 0) is 10.0 Å². The highest BCUT2D eigenvalue weighted by Gasteiger charge is 2.28. The van der Waals surface area contributed by atoms with Gasteiger partial charge in [0.2, 0.25) is 10.0 Å². The summed E-state index contributed by atoms with van der Waals surface area (Å²) in [6.07, 6.45) is 3.36. The first-order chi connectivity index (χ1) is 16.7. The number of hydrogen-bond donors (Lipinski definition) is 3. The second kappa shape index (κ2) is 10.4. The van der Waals surface area contributed by atoms with E-state index in [9.17, 15) is 17.6 Å². The normalized spacial score (nSPS) is 16.9. The Balaban J connectivity index is 1.63. The molecule has 0 radical (unpaired) electrons. The lowest BCUT2D eigenvalue weighted by molar-refractivity contribution is 0.0948. The summed E-state index contributed by atoms with van der Waals surface area (Å²) in [5, 5.41) is 15.4. The van der Waals surface area contributed by atoms with Crippen LogP contribution in [0.1, 0.15) is 28.1 Å². The number of ether oxygens (including phenoxy) is 1. The minimum atomic E-state index is -3.36. The van der Waals surface area contributed by atoms with Gasteiger partial charge in [-0.15, -0.1) is 11.3 Å². The highest BCUT2D eigenvalue weighted by atomic mass is 32.2. The predicted octanol–water partition coefficient (Wildman–Crippen LogP) is 2.41. The molecule has 0 bridgehead atoms. The van der Waals surface area contributed by atoms with Gasteiger partial charge in [0.05, 0.1) is 35.4 Å². The molecule has 1 aliphatic heterocycles. The first-order valence-electron chi connectivity index (χ1n) is 11.0. The van der Waals surface area contributed by atoms with Crippen molar-refractivity contribution in [2.75, 3.05) is 37.8 Å². The van der Waals surface area contributed by atoms with E-state index in [-0.39, 0.29) is 31.4 Å². The molecule has 13 heteroatoms. The maximum atomic E-state index is 14.1. The zero-order chi connectivity index (χ0) is 25.2. The van der Waals surface area contributed by atoms with Crippen molar-refractivity contribution in [3.63, 3.8) is 0 Å². The lowest BCUT2D eigenvalue weighted by Crippen LogP contribution is -2.43. The van der Waals surface area contributed by atoms with E-state index >= 15 is 0 Å². The molecule has 0 saturated carbocycles. The van der Waals surface area contributed by atoms with Gasteiger partial charge < -0.3 is 20.5 Å². The maximum absolute atomic E-state index is 14.1. The number of carbonyl (C=O) groups is 1. The second-order valence-corrected chi connectivity index (χ2v) is 11.2. The van der Waals surface area contributed by atoms with Crippen LogP contribution < -0.4 is 15.4 Å². The van der Waals surface area contributed by atoms with E-state index in [0.29, 0.717) is 51.5 Å². The number of aliphatic hydroxyl groups excluding tert-OH is 1. The van der Waals surface area contributed by atoms with Crippen LogP contribution in [0.2, 0.25) is 0 Å². The molecule has 3 aromatic rings. The van der Waals surface area contributed by atoms with Gasteiger partial charge in [0.15, 0.2) is 0 Å². The van der Waals surface area contributed by atoms with E-state index in [1.54, 1.807) is 6.92 Å². The Kier molecular flexibility index (Phi) is 7.50. The summed E-state index contributed by atoms with van der Waals surface area (Å²) in [6, 6.07) is 4.05. The van der Waals surface area contributed by atoms with Crippen molar-refractivity contribution in [2.45, 2.75) is 25.9 Å². The first-order valence-corrected chi connectivity index (χ1v) is 13.7. The van der Waals surface area contributed by atoms with Gasteiger partial charge in [-0.05, 0) is 37.5 Å². The van der Waals surface area contributed by atoms with Gasteiger partial charge in [-0.3, -0.25) is 4.79 Å². The molecular weight excluding hydrogens is 497 g/mol. The SMILES string of the molecule is Cc1c(C(=O)NCCO)sc2ncnc(Nc3ccc(F)cc3O[C@@H]3CCCN(S(C)(=O)=O)C3)c12. The molecule has 0 spiro atoms. The van der Waals surface area contributed by atoms with Crippen molar-refractivity contribution in [3.05, 3.63) is 40.8 Å². The molecule has 0 unspecified atom stereocenters. The summed E-state index contributed by atoms with van der Waals surface area (Å²) in [5.41, 5.74) is 1.11. The molecule has 1 atom stereocenters. The minimum Gasteiger partial charge on any atom is -0.487 e. The number of rotatable bonds is 8. The van der Waals surface area contributed by atoms with E-state index < -0.39 is 21.9 Å². The molecule has 1 fully saturated rings. The highest BCUT2D eigenvalue weighted by Crippen LogP contribution is 2.37. The number of hydrogen-bond acceptors (Lipinski definition) is 9. The molecular formula is C22H26FN5O5S2. The molecule has 1 aliphatic rings. The molecule has 10 nitrogen and oxygen atoms in total. The van der Waals surface area contributed by atoms with Crippen molar-refractivity contribution < 1.29 is 27.4 Å². The maximum Gasteiger partial charge on any atom is 0.261 e. The van der Waals surface area contributed by atoms with Gasteiger partial charge in [0.25, 0.3) is 5.91 Å². The molecule has 1 aromatic carbocycles. The number of carbonyl (C=O) groups excluding carboxylic acids is 1. The van der Waals surface area contributed by atoms with E-state index in [1.165, 1.54) is 40.2 Å². The van der Waals surface area contributed by atoms with Gasteiger partial charge in [0, 0.05) is 19.2 Å². The molecule has 3 heterocycles. The molecule has 1 amide bonds. The molecule has 2 aromatic heterocycles. The third-order valence-corrected chi connectivity index (χ3v) is 8.10. The van der Waals surface area contributed by atoms with Crippen molar-refractivity contribution >= 4 is 49.0 Å². The number of benzene rings is 1. The van der Waals surface area contributed by atoms with Crippen LogP contribution in [0.5, 0.6) is 5.75 Å². The largest absolute Gasteiger partial charge is 0.487 e. The molecule has 0 aliphatic carbocycles. The van der Waals surface area contributed by atoms with E-state index in [0.717, 1.165) is 6.26 Å². The average molecular weight is 524 g/mol. The zero-order valence-corrected chi connectivity index (χ0v) is 20.9. The number of nitrogens with zero attached hydrogens (tertiary/aromatic N) is 3. The number of aryl methyl sites for hydroxylation is 1. The number of fused-ring (bicyclic) bond motifs is 1. The molecule has 35 heavy (non-hydrogen) atoms. The fourth-order valence-electron chi connectivity index (χ4n) is 3.94. The van der Waals surface area contributed by atoms with Crippen molar-refractivity contribution in [1.82, 2.24) is 19.6 Å². The smallest absolute Gasteiger partial charge is 0.261 e. The number of amides is 1. The number of sulfonamides is 1. The van der Waals surface area contributed by atoms with Gasteiger partial charge in [0.1, 0.15) is 34.6 Å². The van der Waals surface area contributed by atoms with E-state index in [4.69, 9.17) is 9.84 Å². The Morgan fingerprint density at radius 1 is 1.37 bits per heavy atom. The van der Waals surface area contributed by atoms with Crippen molar-refractivity contribution in [2.24, 2.45) is 0 Å². The quantitative estimate of drug-likeness (QED) is 0.410. The second-order valence-electron chi connectivity index (χ2n) is 8.21. The van der Waals surface area contributed by atoms with Gasteiger partial charge >= 0.3 is 0 Å². The summed E-state index contributed by atoms with van der Waals surface area (Å²) >= 11 is 1.21. The lowest BCUT2D eigenvalue weighted by Gasteiger charge is -2.31. The first kappa shape index (κ1) is 25.2. The Bertz CT molecular complexity index is 1350. The van der Waals surface area contributed by atoms with Crippen LogP contribution in [0.3, 0.4) is 0 Å². The fourth-order valence-corrected chi connectivity index (χ4v) is 5.90. The van der Waals surface area contributed by atoms with Gasteiger partial charge in [-0.1, -0.05) is 0 Å². The number of aromatic nitrogens is 2. The van der Waals surface area contributed by atoms with E-state index in [2.05, 4.69) is 20.6 Å². The summed E-state index contributed by atoms with van der Waals surface area (Å²) in [7, 11) is -3.36. The van der Waals surface area contributed by atoms with Crippen LogP contribution in [-0.4, -0.2) is 72.3 Å². The topological polar surface area (TPSA) is 134 Å². The third-order valence-electron chi connectivity index (χ3n) is 5.63. The van der Waals surface area contributed by atoms with Crippen LogP contribution in [0.4, 0.5) is 15.9 Å². The molecule has 1 saturated heterocycles. The minimum absolute atomic E-state index is 0.136. The summed E-state index contributed by atoms with van der Waals surface area (Å²) in [4.78, 5) is 22.1. The van der Waals surface area contributed by atoms with E-state index in [1.807, 2.05) is 0 Å². The number of nitrogens with one attached hydrogen (secondary N) is 2. The Hall–Kier alpha value is -2.87. The molecule has 4 rings (SSSR count). The standard InChI is InChI=1S/C22H26FN5O5S2/c1-13-18-20(25-12-26-22(18)34-19(13)21(30)24-7-9-29)27-16-6-5-14(23)10-17(16)33-15-4-3-8-28(11-15)35(2,31)32/h5-6,10,12,15,29H,3-4,7-9,11H2,1-2H3,(H,24,30)(H,25,26,27)/t15-/m1/s1. The van der Waals surface area contributed by atoms with Gasteiger partial charge in [-0.2, -0.15) is 4.31 Å². The fraction of sp³-hybridized carbons (Fsp3) is 0.409.